The minimum atomic E-state index is -0.578. The number of methoxy groups -OCH3 is 1. The van der Waals surface area contributed by atoms with Gasteiger partial charge in [-0.3, -0.25) is 19.3 Å². The van der Waals surface area contributed by atoms with E-state index in [-0.39, 0.29) is 0 Å². The number of carbonyl (C=O) groups is 3. The van der Waals surface area contributed by atoms with Gasteiger partial charge < -0.3 is 9.30 Å². The van der Waals surface area contributed by atoms with E-state index in [2.05, 4.69) is 4.99 Å². The molecule has 0 unspecified atom stereocenters. The quantitative estimate of drug-likeness (QED) is 0.567. The summed E-state index contributed by atoms with van der Waals surface area (Å²) in [6.07, 6.45) is 0. The lowest BCUT2D eigenvalue weighted by Crippen LogP contribution is -2.35. The molecule has 0 saturated heterocycles. The summed E-state index contributed by atoms with van der Waals surface area (Å²) in [4.78, 5) is 43.3. The number of halogens is 1. The first kappa shape index (κ1) is 20.5. The van der Waals surface area contributed by atoms with Crippen LogP contribution in [0.1, 0.15) is 26.3 Å². The van der Waals surface area contributed by atoms with Crippen molar-refractivity contribution < 1.29 is 19.1 Å². The van der Waals surface area contributed by atoms with Gasteiger partial charge in [0.2, 0.25) is 0 Å². The molecular weight excluding hydrogens is 426 g/mol. The van der Waals surface area contributed by atoms with Crippen LogP contribution in [0.2, 0.25) is 5.02 Å². The lowest BCUT2D eigenvalue weighted by atomic mass is 10.1. The molecule has 0 radical (unpaired) electrons. The molecule has 2 aromatic carbocycles. The highest BCUT2D eigenvalue weighted by atomic mass is 35.5. The molecule has 0 fully saturated rings. The van der Waals surface area contributed by atoms with E-state index in [0.717, 1.165) is 20.7 Å². The van der Waals surface area contributed by atoms with Crippen LogP contribution in [0.25, 0.3) is 10.2 Å². The zero-order chi connectivity index (χ0) is 21.4. The number of aryl methyl sites for hydroxylation is 1. The first-order valence-corrected chi connectivity index (χ1v) is 10.4. The highest BCUT2D eigenvalue weighted by Crippen LogP contribution is 2.27. The van der Waals surface area contributed by atoms with Crippen LogP contribution < -0.4 is 4.80 Å². The van der Waals surface area contributed by atoms with Gasteiger partial charge in [0.1, 0.15) is 6.54 Å². The zero-order valence-corrected chi connectivity index (χ0v) is 17.9. The highest BCUT2D eigenvalue weighted by Gasteiger charge is 2.36. The summed E-state index contributed by atoms with van der Waals surface area (Å²) in [6, 6.07) is 10.2. The lowest BCUT2D eigenvalue weighted by molar-refractivity contribution is -0.118. The number of ether oxygens (including phenoxy) is 1. The summed E-state index contributed by atoms with van der Waals surface area (Å²) < 4.78 is 8.00. The maximum atomic E-state index is 12.7. The maximum Gasteiger partial charge on any atom is 0.268 e. The van der Waals surface area contributed by atoms with Crippen LogP contribution in [0.4, 0.5) is 0 Å². The number of rotatable bonds is 5. The Morgan fingerprint density at radius 2 is 1.80 bits per heavy atom. The summed E-state index contributed by atoms with van der Waals surface area (Å²) in [5.41, 5.74) is 2.38. The van der Waals surface area contributed by atoms with Crippen molar-refractivity contribution in [1.29, 1.82) is 0 Å². The fourth-order valence-electron chi connectivity index (χ4n) is 3.45. The van der Waals surface area contributed by atoms with Gasteiger partial charge in [0.15, 0.2) is 4.80 Å². The van der Waals surface area contributed by atoms with E-state index in [1.807, 2.05) is 17.6 Å². The number of nitrogens with zero attached hydrogens (tertiary/aromatic N) is 3. The van der Waals surface area contributed by atoms with Crippen molar-refractivity contribution in [2.45, 2.75) is 13.5 Å². The number of hydrogen-bond acceptors (Lipinski definition) is 5. The molecule has 0 N–H and O–H groups in total. The first-order valence-electron chi connectivity index (χ1n) is 9.22. The molecule has 0 saturated carbocycles. The van der Waals surface area contributed by atoms with Gasteiger partial charge >= 0.3 is 0 Å². The molecular formula is C21H18ClN3O4S. The lowest BCUT2D eigenvalue weighted by Gasteiger charge is -2.11. The molecule has 2 heterocycles. The van der Waals surface area contributed by atoms with Gasteiger partial charge in [-0.15, -0.1) is 0 Å². The number of aromatic nitrogens is 1. The normalized spacial score (nSPS) is 14.1. The summed E-state index contributed by atoms with van der Waals surface area (Å²) >= 11 is 7.62. The zero-order valence-electron chi connectivity index (χ0n) is 16.3. The number of hydrogen-bond donors (Lipinski definition) is 0. The number of thiazole rings is 1. The van der Waals surface area contributed by atoms with Gasteiger partial charge in [0.05, 0.1) is 28.0 Å². The van der Waals surface area contributed by atoms with E-state index >= 15 is 0 Å². The van der Waals surface area contributed by atoms with Gasteiger partial charge in [-0.25, -0.2) is 0 Å². The van der Waals surface area contributed by atoms with Crippen molar-refractivity contribution >= 4 is 50.9 Å². The molecule has 0 bridgehead atoms. The second kappa shape index (κ2) is 8.14. The number of amides is 3. The predicted octanol–water partition coefficient (Wildman–Crippen LogP) is 3.03. The molecule has 154 valence electrons. The van der Waals surface area contributed by atoms with Crippen LogP contribution in [-0.4, -0.2) is 47.4 Å². The van der Waals surface area contributed by atoms with Crippen molar-refractivity contribution in [3.63, 3.8) is 0 Å². The summed E-state index contributed by atoms with van der Waals surface area (Å²) in [7, 11) is 1.60. The molecule has 0 aliphatic carbocycles. The van der Waals surface area contributed by atoms with Crippen LogP contribution in [0.5, 0.6) is 0 Å². The van der Waals surface area contributed by atoms with Crippen molar-refractivity contribution in [3.8, 4) is 0 Å². The number of imide groups is 1. The number of fused-ring (bicyclic) bond motifs is 2. The Kier molecular flexibility index (Phi) is 5.55. The Labute approximate surface area is 181 Å². The molecule has 1 aromatic heterocycles. The monoisotopic (exact) mass is 443 g/mol. The third-order valence-corrected chi connectivity index (χ3v) is 6.39. The Bertz CT molecular complexity index is 1230. The Morgan fingerprint density at radius 1 is 1.13 bits per heavy atom. The minimum absolute atomic E-state index is 0.303. The van der Waals surface area contributed by atoms with E-state index < -0.39 is 24.3 Å². The summed E-state index contributed by atoms with van der Waals surface area (Å²) in [5.74, 6) is -1.54. The molecule has 4 rings (SSSR count). The van der Waals surface area contributed by atoms with Gasteiger partial charge in [0, 0.05) is 18.7 Å². The molecule has 1 aliphatic heterocycles. The largest absolute Gasteiger partial charge is 0.383 e. The average Bonchev–Trinajstić information content (AvgIpc) is 3.20. The highest BCUT2D eigenvalue weighted by molar-refractivity contribution is 7.16. The van der Waals surface area contributed by atoms with Crippen molar-refractivity contribution in [3.05, 3.63) is 62.9 Å². The topological polar surface area (TPSA) is 81.0 Å². The maximum absolute atomic E-state index is 12.7. The van der Waals surface area contributed by atoms with Gasteiger partial charge in [-0.05, 0) is 36.8 Å². The van der Waals surface area contributed by atoms with Gasteiger partial charge in [-0.2, -0.15) is 4.99 Å². The third kappa shape index (κ3) is 3.47. The molecule has 3 amide bonds. The third-order valence-electron chi connectivity index (χ3n) is 4.94. The fraction of sp³-hybridized carbons (Fsp3) is 0.238. The minimum Gasteiger partial charge on any atom is -0.383 e. The predicted molar refractivity (Wildman–Crippen MR) is 114 cm³/mol. The van der Waals surface area contributed by atoms with Crippen LogP contribution >= 0.6 is 22.9 Å². The summed E-state index contributed by atoms with van der Waals surface area (Å²) in [5, 5.41) is 0.621. The van der Waals surface area contributed by atoms with Crippen molar-refractivity contribution in [2.24, 2.45) is 4.99 Å². The molecule has 30 heavy (non-hydrogen) atoms. The van der Waals surface area contributed by atoms with E-state index in [0.29, 0.717) is 34.1 Å². The van der Waals surface area contributed by atoms with Crippen LogP contribution in [0.3, 0.4) is 0 Å². The van der Waals surface area contributed by atoms with Gasteiger partial charge in [0.25, 0.3) is 17.7 Å². The first-order chi connectivity index (χ1) is 14.4. The smallest absolute Gasteiger partial charge is 0.268 e. The average molecular weight is 444 g/mol. The number of benzene rings is 2. The van der Waals surface area contributed by atoms with E-state index in [1.54, 1.807) is 37.4 Å². The second-order valence-corrected chi connectivity index (χ2v) is 8.21. The Balaban J connectivity index is 1.70. The standard InChI is InChI=1S/C21H18ClN3O4S/c1-12-15(22)7-8-16-18(12)24(9-10-29-2)21(30-16)23-17(26)11-25-19(27)13-5-3-4-6-14(13)20(25)28/h3-8H,9-11H2,1-2H3. The van der Waals surface area contributed by atoms with Gasteiger partial charge in [-0.1, -0.05) is 35.1 Å². The Morgan fingerprint density at radius 3 is 2.43 bits per heavy atom. The molecule has 0 atom stereocenters. The van der Waals surface area contributed by atoms with Crippen molar-refractivity contribution in [1.82, 2.24) is 9.47 Å². The molecule has 3 aromatic rings. The van der Waals surface area contributed by atoms with Crippen molar-refractivity contribution in [2.75, 3.05) is 20.3 Å². The van der Waals surface area contributed by atoms with Crippen LogP contribution in [0, 0.1) is 6.92 Å². The van der Waals surface area contributed by atoms with E-state index in [4.69, 9.17) is 16.3 Å². The van der Waals surface area contributed by atoms with E-state index in [1.165, 1.54) is 11.3 Å². The number of carbonyl (C=O) groups excluding carboxylic acids is 3. The molecule has 7 nitrogen and oxygen atoms in total. The molecule has 0 spiro atoms. The SMILES string of the molecule is COCCn1c(=NC(=O)CN2C(=O)c3ccccc3C2=O)sc2ccc(Cl)c(C)c21. The van der Waals surface area contributed by atoms with E-state index in [9.17, 15) is 14.4 Å². The summed E-state index contributed by atoms with van der Waals surface area (Å²) in [6.45, 7) is 2.41. The fourth-order valence-corrected chi connectivity index (χ4v) is 4.74. The molecule has 1 aliphatic rings. The second-order valence-electron chi connectivity index (χ2n) is 6.80. The van der Waals surface area contributed by atoms with Crippen LogP contribution in [-0.2, 0) is 16.1 Å². The molecule has 9 heteroatoms. The Hall–Kier alpha value is -2.81. The van der Waals surface area contributed by atoms with Crippen LogP contribution in [0.15, 0.2) is 41.4 Å².